The van der Waals surface area contributed by atoms with Crippen molar-refractivity contribution in [1.82, 2.24) is 30.6 Å². The predicted octanol–water partition coefficient (Wildman–Crippen LogP) is 1.73. The van der Waals surface area contributed by atoms with Gasteiger partial charge in [-0.2, -0.15) is 23.5 Å². The number of hydrogen-bond donors (Lipinski definition) is 4. The number of nitrogens with zero attached hydrogens (tertiary/aromatic N) is 5. The third kappa shape index (κ3) is 6.28. The molecule has 0 radical (unpaired) electrons. The largest absolute Gasteiger partial charge is 0.477 e. The summed E-state index contributed by atoms with van der Waals surface area (Å²) in [6.07, 6.45) is 0.744. The minimum atomic E-state index is -5.15. The highest BCUT2D eigenvalue weighted by Gasteiger charge is 2.54. The minimum absolute atomic E-state index is 0.181. The number of anilines is 1. The number of aliphatic carboxylic acids is 1. The van der Waals surface area contributed by atoms with Crippen molar-refractivity contribution < 1.29 is 42.3 Å². The van der Waals surface area contributed by atoms with Gasteiger partial charge in [0.2, 0.25) is 0 Å². The van der Waals surface area contributed by atoms with Crippen LogP contribution in [0.2, 0.25) is 0 Å². The van der Waals surface area contributed by atoms with Gasteiger partial charge in [-0.3, -0.25) is 24.6 Å². The number of amides is 3. The highest BCUT2D eigenvalue weighted by molar-refractivity contribution is 8.01. The summed E-state index contributed by atoms with van der Waals surface area (Å²) >= 11 is 3.12. The molecule has 3 atom stereocenters. The highest BCUT2D eigenvalue weighted by atomic mass is 32.2. The molecule has 4 N–H and O–H groups in total. The van der Waals surface area contributed by atoms with Gasteiger partial charge in [-0.15, -0.1) is 28.2 Å². The Balaban J connectivity index is 1.32. The Morgan fingerprint density at radius 2 is 2.14 bits per heavy atom. The lowest BCUT2D eigenvalue weighted by atomic mass is 10.0. The molecule has 1 aliphatic carbocycles. The maximum Gasteiger partial charge on any atom is 0.471 e. The average Bonchev–Trinajstić information content (AvgIpc) is 3.73. The summed E-state index contributed by atoms with van der Waals surface area (Å²) in [6, 6.07) is -1.12. The number of aromatic nitrogens is 4. The first-order chi connectivity index (χ1) is 20.0. The van der Waals surface area contributed by atoms with Crippen LogP contribution in [0.3, 0.4) is 0 Å². The number of fused-ring (bicyclic) bond motifs is 1. The minimum Gasteiger partial charge on any atom is -0.477 e. The number of allylic oxidation sites excluding steroid dienone is 1. The first-order valence-corrected chi connectivity index (χ1v) is 14.9. The van der Waals surface area contributed by atoms with Crippen LogP contribution in [0.1, 0.15) is 18.5 Å². The number of H-pyrrole nitrogens is 1. The quantitative estimate of drug-likeness (QED) is 0.0968. The van der Waals surface area contributed by atoms with E-state index < -0.39 is 58.2 Å². The second-order valence-corrected chi connectivity index (χ2v) is 11.8. The van der Waals surface area contributed by atoms with Crippen LogP contribution in [0.5, 0.6) is 0 Å². The van der Waals surface area contributed by atoms with Gasteiger partial charge < -0.3 is 15.3 Å². The van der Waals surface area contributed by atoms with E-state index in [4.69, 9.17) is 4.84 Å². The number of rotatable bonds is 10. The molecular weight excluding hydrogens is 625 g/mol. The fourth-order valence-electron chi connectivity index (χ4n) is 4.05. The molecule has 4 heterocycles. The van der Waals surface area contributed by atoms with Gasteiger partial charge in [-0.1, -0.05) is 23.0 Å². The Morgan fingerprint density at radius 3 is 2.81 bits per heavy atom. The van der Waals surface area contributed by atoms with Crippen LogP contribution in [0.15, 0.2) is 45.2 Å². The Labute approximate surface area is 246 Å². The Kier molecular flexibility index (Phi) is 8.55. The number of carboxylic acid groups (broad SMARTS) is 1. The van der Waals surface area contributed by atoms with E-state index in [-0.39, 0.29) is 22.9 Å². The van der Waals surface area contributed by atoms with Gasteiger partial charge in [0, 0.05) is 16.9 Å². The number of carbonyl (C=O) groups excluding carboxylic acids is 3. The number of carboxylic acids is 1. The third-order valence-corrected chi connectivity index (χ3v) is 9.09. The van der Waals surface area contributed by atoms with Crippen LogP contribution >= 0.6 is 34.9 Å². The van der Waals surface area contributed by atoms with E-state index in [0.717, 1.165) is 11.3 Å². The zero-order chi connectivity index (χ0) is 30.0. The molecule has 0 spiro atoms. The second-order valence-electron chi connectivity index (χ2n) is 8.79. The number of β-lactam (4-membered cyclic amide) rings is 1. The third-order valence-electron chi connectivity index (χ3n) is 6.01. The van der Waals surface area contributed by atoms with E-state index in [0.29, 0.717) is 28.4 Å². The Bertz CT molecular complexity index is 1490. The van der Waals surface area contributed by atoms with Gasteiger partial charge in [0.15, 0.2) is 10.8 Å². The summed E-state index contributed by atoms with van der Waals surface area (Å²) in [5, 5.41) is 28.5. The molecule has 3 aliphatic rings. The number of aromatic amines is 1. The second kappa shape index (κ2) is 12.1. The number of alkyl halides is 3. The van der Waals surface area contributed by atoms with Crippen LogP contribution in [0, 0.1) is 0 Å². The van der Waals surface area contributed by atoms with E-state index in [2.05, 4.69) is 30.9 Å². The molecule has 5 rings (SSSR count). The summed E-state index contributed by atoms with van der Waals surface area (Å²) in [5.74, 6) is -4.63. The lowest BCUT2D eigenvalue weighted by Crippen LogP contribution is -2.71. The number of hydrogen-bond acceptors (Lipinski definition) is 12. The van der Waals surface area contributed by atoms with Crippen molar-refractivity contribution in [3.63, 3.8) is 0 Å². The molecule has 1 saturated heterocycles. The van der Waals surface area contributed by atoms with E-state index in [1.165, 1.54) is 35.1 Å². The molecule has 222 valence electrons. The van der Waals surface area contributed by atoms with E-state index >= 15 is 0 Å². The fourth-order valence-corrected chi connectivity index (χ4v) is 7.01. The lowest BCUT2D eigenvalue weighted by Gasteiger charge is -2.49. The van der Waals surface area contributed by atoms with Crippen LogP contribution in [-0.2, 0) is 24.0 Å². The summed E-state index contributed by atoms with van der Waals surface area (Å²) in [5.41, 5.74) is -0.328. The molecular formula is C22H19F3N8O6S3. The van der Waals surface area contributed by atoms with Gasteiger partial charge >= 0.3 is 18.1 Å². The fraction of sp³-hybridized carbons (Fsp3) is 0.364. The summed E-state index contributed by atoms with van der Waals surface area (Å²) in [6.45, 7) is 0. The number of oxime groups is 1. The predicted molar refractivity (Wildman–Crippen MR) is 143 cm³/mol. The summed E-state index contributed by atoms with van der Waals surface area (Å²) in [7, 11) is 0. The van der Waals surface area contributed by atoms with Crippen LogP contribution in [0.25, 0.3) is 0 Å². The maximum absolute atomic E-state index is 13.3. The lowest BCUT2D eigenvalue weighted by molar-refractivity contribution is -0.167. The summed E-state index contributed by atoms with van der Waals surface area (Å²) < 4.78 is 38.0. The van der Waals surface area contributed by atoms with Gasteiger partial charge in [0.25, 0.3) is 11.8 Å². The smallest absolute Gasteiger partial charge is 0.471 e. The van der Waals surface area contributed by atoms with Crippen molar-refractivity contribution in [2.45, 2.75) is 41.6 Å². The molecule has 3 amide bonds. The maximum atomic E-state index is 13.3. The molecule has 2 unspecified atom stereocenters. The van der Waals surface area contributed by atoms with Crippen molar-refractivity contribution in [1.29, 1.82) is 0 Å². The Hall–Kier alpha value is -3.91. The molecule has 14 nitrogen and oxygen atoms in total. The molecule has 0 bridgehead atoms. The van der Waals surface area contributed by atoms with Gasteiger partial charge in [-0.25, -0.2) is 9.78 Å². The monoisotopic (exact) mass is 644 g/mol. The zero-order valence-corrected chi connectivity index (χ0v) is 23.4. The van der Waals surface area contributed by atoms with E-state index in [1.54, 1.807) is 11.4 Å². The van der Waals surface area contributed by atoms with Crippen molar-refractivity contribution in [2.24, 2.45) is 5.16 Å². The number of nitrogens with one attached hydrogen (secondary N) is 3. The van der Waals surface area contributed by atoms with Crippen molar-refractivity contribution in [3.05, 3.63) is 40.7 Å². The van der Waals surface area contributed by atoms with Crippen LogP contribution in [-0.4, -0.2) is 95.0 Å². The number of carbonyl (C=O) groups is 4. The SMILES string of the molecule is O=C(O)C1=C(CSc2cn[nH]n2)CS[C@@H]2C(NC(=O)C(=NOC3C=CCC3)c3csc(NC(=O)C(F)(F)F)n3)C(=O)N12. The highest BCUT2D eigenvalue weighted by Crippen LogP contribution is 2.41. The van der Waals surface area contributed by atoms with Crippen LogP contribution < -0.4 is 10.6 Å². The van der Waals surface area contributed by atoms with E-state index in [9.17, 15) is 37.5 Å². The van der Waals surface area contributed by atoms with Crippen molar-refractivity contribution in [3.8, 4) is 0 Å². The first-order valence-electron chi connectivity index (χ1n) is 12.0. The molecule has 20 heteroatoms. The van der Waals surface area contributed by atoms with E-state index in [1.807, 2.05) is 6.08 Å². The van der Waals surface area contributed by atoms with Crippen molar-refractivity contribution >= 4 is 69.4 Å². The average molecular weight is 645 g/mol. The number of halogens is 3. The normalized spacial score (nSPS) is 22.1. The number of thiazole rings is 1. The van der Waals surface area contributed by atoms with Gasteiger partial charge in [0.05, 0.1) is 6.20 Å². The van der Waals surface area contributed by atoms with Crippen LogP contribution in [0.4, 0.5) is 18.3 Å². The summed E-state index contributed by atoms with van der Waals surface area (Å²) in [4.78, 5) is 60.2. The van der Waals surface area contributed by atoms with Gasteiger partial charge in [0.1, 0.15) is 33.9 Å². The molecule has 2 aromatic heterocycles. The standard InChI is InChI=1S/C22H19F3N8O6S3/c23-22(24,25)20(38)29-21-27-11(8-42-21)13(31-39-10-3-1-2-4-10)16(34)28-14-17(35)33-15(19(36)37)9(7-41-18(14)33)6-40-12-5-26-32-30-12/h1,3,5,8,10,14,18H,2,4,6-7H2,(H,28,34)(H,36,37)(H,26,30,32)(H,27,29,38)/t10?,14?,18-/m1/s1. The Morgan fingerprint density at radius 1 is 1.33 bits per heavy atom. The molecule has 0 saturated carbocycles. The van der Waals surface area contributed by atoms with Crippen molar-refractivity contribution in [2.75, 3.05) is 16.8 Å². The molecule has 2 aliphatic heterocycles. The van der Waals surface area contributed by atoms with Gasteiger partial charge in [-0.05, 0) is 24.5 Å². The molecule has 0 aromatic carbocycles. The molecule has 1 fully saturated rings. The zero-order valence-electron chi connectivity index (χ0n) is 21.0. The molecule has 42 heavy (non-hydrogen) atoms. The number of thioether (sulfide) groups is 2. The molecule has 2 aromatic rings. The first kappa shape index (κ1) is 29.6. The topological polar surface area (TPSA) is 192 Å².